The van der Waals surface area contributed by atoms with Crippen molar-refractivity contribution in [2.75, 3.05) is 20.3 Å². The van der Waals surface area contributed by atoms with Crippen LogP contribution in [0.4, 0.5) is 9.59 Å². The van der Waals surface area contributed by atoms with Gasteiger partial charge in [-0.2, -0.15) is 0 Å². The van der Waals surface area contributed by atoms with Crippen LogP contribution >= 0.6 is 0 Å². The molecule has 1 atom stereocenters. The van der Waals surface area contributed by atoms with Gasteiger partial charge in [0.2, 0.25) is 0 Å². The molecule has 0 unspecified atom stereocenters. The first-order valence-corrected chi connectivity index (χ1v) is 11.2. The van der Waals surface area contributed by atoms with Crippen LogP contribution in [-0.4, -0.2) is 44.5 Å². The number of carbonyl (C=O) groups is 3. The van der Waals surface area contributed by atoms with Gasteiger partial charge in [-0.15, -0.1) is 0 Å². The van der Waals surface area contributed by atoms with E-state index in [0.29, 0.717) is 0 Å². The van der Waals surface area contributed by atoms with Crippen molar-refractivity contribution in [2.24, 2.45) is 0 Å². The Morgan fingerprint density at radius 2 is 1.40 bits per heavy atom. The van der Waals surface area contributed by atoms with E-state index in [1.54, 1.807) is 0 Å². The summed E-state index contributed by atoms with van der Waals surface area (Å²) in [7, 11) is 1.19. The fraction of sp³-hybridized carbons (Fsp3) is 0.222. The molecule has 35 heavy (non-hydrogen) atoms. The van der Waals surface area contributed by atoms with Crippen molar-refractivity contribution in [3.05, 3.63) is 95.6 Å². The Morgan fingerprint density at radius 3 is 2.03 bits per heavy atom. The van der Waals surface area contributed by atoms with Crippen molar-refractivity contribution in [3.8, 4) is 11.1 Å². The molecule has 0 bridgehead atoms. The molecular weight excluding hydrogens is 448 g/mol. The van der Waals surface area contributed by atoms with Crippen LogP contribution in [0.2, 0.25) is 0 Å². The number of hydrogen-bond acceptors (Lipinski definition) is 6. The Hall–Kier alpha value is -4.33. The first kappa shape index (κ1) is 23.8. The predicted octanol–water partition coefficient (Wildman–Crippen LogP) is 3.99. The van der Waals surface area contributed by atoms with Gasteiger partial charge in [0, 0.05) is 5.92 Å². The summed E-state index contributed by atoms with van der Waals surface area (Å²) in [5.41, 5.74) is 5.24. The van der Waals surface area contributed by atoms with Crippen molar-refractivity contribution in [1.82, 2.24) is 10.6 Å². The maximum atomic E-state index is 12.4. The zero-order chi connectivity index (χ0) is 24.6. The van der Waals surface area contributed by atoms with Crippen LogP contribution in [-0.2, 0) is 25.6 Å². The third-order valence-electron chi connectivity index (χ3n) is 5.78. The minimum Gasteiger partial charge on any atom is -0.467 e. The van der Waals surface area contributed by atoms with Gasteiger partial charge in [0.1, 0.15) is 19.3 Å². The van der Waals surface area contributed by atoms with E-state index in [-0.39, 0.29) is 25.7 Å². The number of fused-ring (bicyclic) bond motifs is 3. The first-order valence-electron chi connectivity index (χ1n) is 11.2. The second kappa shape index (κ2) is 11.2. The molecule has 0 aliphatic heterocycles. The van der Waals surface area contributed by atoms with Crippen molar-refractivity contribution < 1.29 is 28.6 Å². The van der Waals surface area contributed by atoms with Crippen LogP contribution in [0, 0.1) is 0 Å². The topological polar surface area (TPSA) is 103 Å². The van der Waals surface area contributed by atoms with Gasteiger partial charge >= 0.3 is 18.2 Å². The molecule has 1 aliphatic rings. The third kappa shape index (κ3) is 5.78. The number of ether oxygens (including phenoxy) is 3. The van der Waals surface area contributed by atoms with E-state index in [9.17, 15) is 14.4 Å². The van der Waals surface area contributed by atoms with Gasteiger partial charge < -0.3 is 24.8 Å². The minimum atomic E-state index is -1.14. The molecule has 3 aromatic carbocycles. The quantitative estimate of drug-likeness (QED) is 0.378. The van der Waals surface area contributed by atoms with Crippen LogP contribution in [0.3, 0.4) is 0 Å². The van der Waals surface area contributed by atoms with E-state index in [1.165, 1.54) is 7.11 Å². The lowest BCUT2D eigenvalue weighted by Crippen LogP contribution is -2.49. The van der Waals surface area contributed by atoms with Gasteiger partial charge in [-0.05, 0) is 27.8 Å². The average Bonchev–Trinajstić information content (AvgIpc) is 3.22. The Morgan fingerprint density at radius 1 is 0.800 bits per heavy atom. The van der Waals surface area contributed by atoms with Crippen LogP contribution < -0.4 is 10.6 Å². The van der Waals surface area contributed by atoms with E-state index in [2.05, 4.69) is 22.8 Å². The summed E-state index contributed by atoms with van der Waals surface area (Å²) in [6.45, 7) is -0.0422. The first-order chi connectivity index (χ1) is 17.1. The van der Waals surface area contributed by atoms with E-state index in [1.807, 2.05) is 66.7 Å². The van der Waals surface area contributed by atoms with Crippen LogP contribution in [0.25, 0.3) is 11.1 Å². The highest BCUT2D eigenvalue weighted by atomic mass is 16.6. The molecule has 0 heterocycles. The van der Waals surface area contributed by atoms with Gasteiger partial charge in [-0.1, -0.05) is 78.9 Å². The monoisotopic (exact) mass is 474 g/mol. The normalized spacial score (nSPS) is 12.6. The van der Waals surface area contributed by atoms with Crippen LogP contribution in [0.15, 0.2) is 78.9 Å². The molecule has 2 N–H and O–H groups in total. The summed E-state index contributed by atoms with van der Waals surface area (Å²) in [6, 6.07) is 24.0. The Balaban J connectivity index is 1.30. The fourth-order valence-corrected chi connectivity index (χ4v) is 4.08. The summed E-state index contributed by atoms with van der Waals surface area (Å²) >= 11 is 0. The van der Waals surface area contributed by atoms with Crippen molar-refractivity contribution >= 4 is 18.2 Å². The van der Waals surface area contributed by atoms with Crippen molar-refractivity contribution in [2.45, 2.75) is 18.6 Å². The van der Waals surface area contributed by atoms with Gasteiger partial charge in [-0.3, -0.25) is 0 Å². The van der Waals surface area contributed by atoms with Gasteiger partial charge in [0.25, 0.3) is 0 Å². The number of carbonyl (C=O) groups excluding carboxylic acids is 3. The molecule has 4 rings (SSSR count). The average molecular weight is 475 g/mol. The molecule has 180 valence electrons. The molecule has 3 aromatic rings. The highest BCUT2D eigenvalue weighted by Crippen LogP contribution is 2.44. The molecule has 0 fully saturated rings. The lowest BCUT2D eigenvalue weighted by Gasteiger charge is -2.18. The van der Waals surface area contributed by atoms with Crippen LogP contribution in [0.5, 0.6) is 0 Å². The number of methoxy groups -OCH3 is 1. The number of esters is 1. The Bertz CT molecular complexity index is 1150. The molecule has 8 nitrogen and oxygen atoms in total. The van der Waals surface area contributed by atoms with Gasteiger partial charge in [-0.25, -0.2) is 14.4 Å². The highest BCUT2D eigenvalue weighted by molar-refractivity contribution is 5.82. The summed E-state index contributed by atoms with van der Waals surface area (Å²) in [5.74, 6) is -0.809. The second-order valence-electron chi connectivity index (χ2n) is 7.99. The summed E-state index contributed by atoms with van der Waals surface area (Å²) in [6.07, 6.45) is -1.51. The van der Waals surface area contributed by atoms with Crippen LogP contribution in [0.1, 0.15) is 22.6 Å². The molecule has 1 aliphatic carbocycles. The fourth-order valence-electron chi connectivity index (χ4n) is 4.08. The van der Waals surface area contributed by atoms with E-state index >= 15 is 0 Å². The summed E-state index contributed by atoms with van der Waals surface area (Å²) in [5, 5.41) is 4.93. The molecular formula is C27H26N2O6. The molecule has 0 saturated carbocycles. The summed E-state index contributed by atoms with van der Waals surface area (Å²) < 4.78 is 15.3. The smallest absolute Gasteiger partial charge is 0.408 e. The molecule has 0 radical (unpaired) electrons. The minimum absolute atomic E-state index is 0.0420. The van der Waals surface area contributed by atoms with Crippen molar-refractivity contribution in [1.29, 1.82) is 0 Å². The highest BCUT2D eigenvalue weighted by Gasteiger charge is 2.29. The molecule has 0 spiro atoms. The SMILES string of the molecule is COC(=O)[C@H](CNC(=O)OCC1c2ccccc2-c2ccccc21)NC(=O)OCc1ccccc1. The Kier molecular flexibility index (Phi) is 7.62. The largest absolute Gasteiger partial charge is 0.467 e. The maximum Gasteiger partial charge on any atom is 0.408 e. The second-order valence-corrected chi connectivity index (χ2v) is 7.99. The molecule has 0 aromatic heterocycles. The third-order valence-corrected chi connectivity index (χ3v) is 5.78. The zero-order valence-corrected chi connectivity index (χ0v) is 19.2. The Labute approximate surface area is 203 Å². The number of hydrogen-bond donors (Lipinski definition) is 2. The van der Waals surface area contributed by atoms with E-state index in [0.717, 1.165) is 27.8 Å². The van der Waals surface area contributed by atoms with E-state index in [4.69, 9.17) is 14.2 Å². The maximum absolute atomic E-state index is 12.4. The van der Waals surface area contributed by atoms with Crippen molar-refractivity contribution in [3.63, 3.8) is 0 Å². The lowest BCUT2D eigenvalue weighted by molar-refractivity contribution is -0.142. The standard InChI is InChI=1S/C27H26N2O6/c1-33-25(30)24(29-27(32)34-16-18-9-3-2-4-10-18)15-28-26(31)35-17-23-21-13-7-5-11-19(21)20-12-6-8-14-22(20)23/h2-14,23-24H,15-17H2,1H3,(H,28,31)(H,29,32)/t24-/m0/s1. The number of nitrogens with one attached hydrogen (secondary N) is 2. The molecule has 2 amide bonds. The summed E-state index contributed by atoms with van der Waals surface area (Å²) in [4.78, 5) is 36.6. The predicted molar refractivity (Wildman–Crippen MR) is 129 cm³/mol. The van der Waals surface area contributed by atoms with Gasteiger partial charge in [0.15, 0.2) is 0 Å². The number of rotatable bonds is 8. The lowest BCUT2D eigenvalue weighted by atomic mass is 9.98. The number of alkyl carbamates (subject to hydrolysis) is 2. The zero-order valence-electron chi connectivity index (χ0n) is 19.2. The molecule has 8 heteroatoms. The molecule has 0 saturated heterocycles. The van der Waals surface area contributed by atoms with Gasteiger partial charge in [0.05, 0.1) is 13.7 Å². The number of amides is 2. The van der Waals surface area contributed by atoms with E-state index < -0.39 is 24.2 Å². The number of benzene rings is 3.